The van der Waals surface area contributed by atoms with Crippen LogP contribution in [0.3, 0.4) is 0 Å². The van der Waals surface area contributed by atoms with Crippen LogP contribution in [0.2, 0.25) is 0 Å². The molecule has 0 bridgehead atoms. The fourth-order valence-corrected chi connectivity index (χ4v) is 9.91. The smallest absolute Gasteiger partial charge is 0.308 e. The van der Waals surface area contributed by atoms with Crippen molar-refractivity contribution in [3.63, 3.8) is 0 Å². The second kappa shape index (κ2) is 16.6. The molecule has 1 aromatic heterocycles. The van der Waals surface area contributed by atoms with E-state index >= 15 is 9.59 Å². The molecule has 0 fully saturated rings. The van der Waals surface area contributed by atoms with Gasteiger partial charge >= 0.3 is 12.4 Å². The van der Waals surface area contributed by atoms with E-state index in [4.69, 9.17) is 0 Å². The average Bonchev–Trinajstić information content (AvgIpc) is 3.82. The third kappa shape index (κ3) is 7.62. The number of imide groups is 1. The number of aryl methyl sites for hydroxylation is 2. The van der Waals surface area contributed by atoms with Crippen LogP contribution in [-0.4, -0.2) is 16.4 Å². The van der Waals surface area contributed by atoms with E-state index in [9.17, 15) is 26.3 Å². The van der Waals surface area contributed by atoms with Crippen molar-refractivity contribution in [2.45, 2.75) is 26.2 Å². The van der Waals surface area contributed by atoms with Gasteiger partial charge in [-0.2, -0.15) is 26.3 Å². The van der Waals surface area contributed by atoms with Crippen LogP contribution in [0.25, 0.3) is 83.1 Å². The molecule has 10 aromatic rings. The molecule has 1 aliphatic heterocycles. The van der Waals surface area contributed by atoms with Crippen molar-refractivity contribution in [3.8, 4) is 61.3 Å². The summed E-state index contributed by atoms with van der Waals surface area (Å²) >= 11 is 0. The zero-order valence-corrected chi connectivity index (χ0v) is 37.5. The van der Waals surface area contributed by atoms with Crippen molar-refractivity contribution in [1.82, 2.24) is 4.57 Å². The number of nitrogens with zero attached hydrogens (tertiary/aromatic N) is 2. The highest BCUT2D eigenvalue weighted by Gasteiger charge is 2.42. The first-order valence-electron chi connectivity index (χ1n) is 22.5. The number of anilines is 1. The van der Waals surface area contributed by atoms with Gasteiger partial charge in [0.15, 0.2) is 0 Å². The maximum Gasteiger partial charge on any atom is 0.416 e. The van der Waals surface area contributed by atoms with Crippen molar-refractivity contribution in [3.05, 3.63) is 228 Å². The molecule has 0 unspecified atom stereocenters. The number of amides is 2. The third-order valence-corrected chi connectivity index (χ3v) is 13.0. The lowest BCUT2D eigenvalue weighted by molar-refractivity contribution is -0.143. The Morgan fingerprint density at radius 2 is 0.829 bits per heavy atom. The number of carbonyl (C=O) groups excluding carboxylic acids is 2. The van der Waals surface area contributed by atoms with Crippen molar-refractivity contribution in [1.29, 1.82) is 0 Å². The molecule has 0 aliphatic carbocycles. The number of hydrogen-bond acceptors (Lipinski definition) is 2. The van der Waals surface area contributed by atoms with Gasteiger partial charge in [-0.05, 0) is 113 Å². The Labute approximate surface area is 398 Å². The maximum atomic E-state index is 15.7. The minimum atomic E-state index is -5.06. The van der Waals surface area contributed by atoms with E-state index in [1.807, 2.05) is 147 Å². The van der Waals surface area contributed by atoms with Gasteiger partial charge in [0.1, 0.15) is 0 Å². The van der Waals surface area contributed by atoms with Crippen molar-refractivity contribution in [2.24, 2.45) is 0 Å². The molecule has 0 radical (unpaired) electrons. The Balaban J connectivity index is 1.18. The number of fused-ring (bicyclic) bond motifs is 4. The SMILES string of the molecule is Cc1cc(C)cc(-c2ccc3c4ccc(-c5cc(C(F)(F)F)cc(C(F)(F)F)c5)cc4n(-c4cccc5c4C(=O)N(c4c(-c6ccccc6)cc(-c6ccccc6)cc4-c4ccccc4)C5=O)c3c2)c1. The van der Waals surface area contributed by atoms with E-state index in [1.165, 1.54) is 11.0 Å². The molecule has 2 heterocycles. The largest absolute Gasteiger partial charge is 0.416 e. The quantitative estimate of drug-likeness (QED) is 0.118. The van der Waals surface area contributed by atoms with E-state index in [0.29, 0.717) is 56.4 Å². The first kappa shape index (κ1) is 44.0. The number of halogens is 6. The van der Waals surface area contributed by atoms with Crippen molar-refractivity contribution in [2.75, 3.05) is 4.90 Å². The Morgan fingerprint density at radius 1 is 0.371 bits per heavy atom. The normalized spacial score (nSPS) is 12.9. The number of benzene rings is 9. The monoisotopic (exact) mass is 932 g/mol. The summed E-state index contributed by atoms with van der Waals surface area (Å²) in [5.41, 5.74) is 7.17. The van der Waals surface area contributed by atoms with Crippen molar-refractivity contribution < 1.29 is 35.9 Å². The van der Waals surface area contributed by atoms with E-state index in [2.05, 4.69) is 6.07 Å². The van der Waals surface area contributed by atoms with Crippen molar-refractivity contribution >= 4 is 39.3 Å². The van der Waals surface area contributed by atoms with Gasteiger partial charge in [-0.1, -0.05) is 151 Å². The van der Waals surface area contributed by atoms with Crippen LogP contribution in [0.1, 0.15) is 43.0 Å². The van der Waals surface area contributed by atoms with Gasteiger partial charge in [-0.3, -0.25) is 9.59 Å². The lowest BCUT2D eigenvalue weighted by Gasteiger charge is -2.24. The van der Waals surface area contributed by atoms with E-state index in [-0.39, 0.29) is 28.3 Å². The first-order chi connectivity index (χ1) is 33.6. The summed E-state index contributed by atoms with van der Waals surface area (Å²) in [5, 5.41) is 1.32. The Morgan fingerprint density at radius 3 is 1.31 bits per heavy atom. The zero-order valence-electron chi connectivity index (χ0n) is 37.5. The summed E-state index contributed by atoms with van der Waals surface area (Å²) in [6.45, 7) is 3.99. The summed E-state index contributed by atoms with van der Waals surface area (Å²) < 4.78 is 87.1. The van der Waals surface area contributed by atoms with Crippen LogP contribution in [0.4, 0.5) is 32.0 Å². The lowest BCUT2D eigenvalue weighted by atomic mass is 9.90. The molecule has 11 rings (SSSR count). The molecular formula is C60H38F6N2O2. The molecule has 0 atom stereocenters. The zero-order chi connectivity index (χ0) is 48.6. The standard InChI is InChI=1S/C60H38F6N2O2/c1-35-25-36(2)27-42(26-35)40-21-23-47-48-24-22-41(43-28-45(59(61,62)63)34-46(29-43)60(64,65)66)33-54(48)67(53(47)32-40)52-20-12-19-49-55(52)58(70)68(57(49)69)56-50(38-15-8-4-9-16-38)30-44(37-13-6-3-7-14-37)31-51(56)39-17-10-5-11-18-39/h3-34H,1-2H3. The van der Waals surface area contributed by atoms with Gasteiger partial charge in [0.25, 0.3) is 11.8 Å². The van der Waals surface area contributed by atoms with Crippen LogP contribution >= 0.6 is 0 Å². The number of aromatic nitrogens is 1. The van der Waals surface area contributed by atoms with Gasteiger partial charge < -0.3 is 4.57 Å². The highest BCUT2D eigenvalue weighted by atomic mass is 19.4. The van der Waals surface area contributed by atoms with Crippen LogP contribution in [0.15, 0.2) is 194 Å². The molecule has 0 N–H and O–H groups in total. The molecule has 0 saturated heterocycles. The van der Waals surface area contributed by atoms with Gasteiger partial charge in [0.2, 0.25) is 0 Å². The van der Waals surface area contributed by atoms with Gasteiger partial charge in [0.05, 0.1) is 44.7 Å². The fourth-order valence-electron chi connectivity index (χ4n) is 9.91. The van der Waals surface area contributed by atoms with E-state index in [1.54, 1.807) is 34.9 Å². The number of alkyl halides is 6. The van der Waals surface area contributed by atoms with Crippen LogP contribution in [-0.2, 0) is 12.4 Å². The fraction of sp³-hybridized carbons (Fsp3) is 0.0667. The number of carbonyl (C=O) groups is 2. The minimum Gasteiger partial charge on any atom is -0.308 e. The molecule has 2 amide bonds. The lowest BCUT2D eigenvalue weighted by Crippen LogP contribution is -2.30. The Kier molecular flexibility index (Phi) is 10.5. The molecule has 1 aliphatic rings. The molecule has 9 aromatic carbocycles. The van der Waals surface area contributed by atoms with E-state index in [0.717, 1.165) is 44.5 Å². The second-order valence-electron chi connectivity index (χ2n) is 17.6. The average molecular weight is 933 g/mol. The molecular weight excluding hydrogens is 895 g/mol. The predicted octanol–water partition coefficient (Wildman–Crippen LogP) is 16.6. The molecule has 342 valence electrons. The van der Waals surface area contributed by atoms with Crippen LogP contribution < -0.4 is 4.90 Å². The Hall–Kier alpha value is -8.50. The summed E-state index contributed by atoms with van der Waals surface area (Å²) in [5.74, 6) is -1.17. The topological polar surface area (TPSA) is 42.3 Å². The second-order valence-corrected chi connectivity index (χ2v) is 17.6. The molecule has 4 nitrogen and oxygen atoms in total. The summed E-state index contributed by atoms with van der Waals surface area (Å²) in [4.78, 5) is 32.2. The highest BCUT2D eigenvalue weighted by molar-refractivity contribution is 6.37. The molecule has 10 heteroatoms. The summed E-state index contributed by atoms with van der Waals surface area (Å²) in [7, 11) is 0. The number of hydrogen-bond donors (Lipinski definition) is 0. The molecule has 0 spiro atoms. The summed E-state index contributed by atoms with van der Waals surface area (Å²) in [6.07, 6.45) is -10.1. The first-order valence-corrected chi connectivity index (χ1v) is 22.5. The van der Waals surface area contributed by atoms with Crippen LogP contribution in [0, 0.1) is 13.8 Å². The Bertz CT molecular complexity index is 3630. The van der Waals surface area contributed by atoms with Crippen LogP contribution in [0.5, 0.6) is 0 Å². The number of rotatable bonds is 7. The van der Waals surface area contributed by atoms with Gasteiger partial charge in [-0.25, -0.2) is 4.90 Å². The molecule has 0 saturated carbocycles. The van der Waals surface area contributed by atoms with Gasteiger partial charge in [-0.15, -0.1) is 0 Å². The maximum absolute atomic E-state index is 15.7. The molecule has 70 heavy (non-hydrogen) atoms. The van der Waals surface area contributed by atoms with Gasteiger partial charge in [0, 0.05) is 21.9 Å². The minimum absolute atomic E-state index is 0.0806. The predicted molar refractivity (Wildman–Crippen MR) is 265 cm³/mol. The summed E-state index contributed by atoms with van der Waals surface area (Å²) in [6, 6.07) is 56.0. The van der Waals surface area contributed by atoms with E-state index < -0.39 is 35.3 Å². The highest BCUT2D eigenvalue weighted by Crippen LogP contribution is 2.48. The third-order valence-electron chi connectivity index (χ3n) is 13.0.